The molecule has 8 rings (SSSR count). The molecule has 0 bridgehead atoms. The maximum Gasteiger partial charge on any atom is 0.141 e. The Kier molecular flexibility index (Phi) is 4.85. The topological polar surface area (TPSA) is 54.8 Å². The molecule has 0 spiro atoms. The van der Waals surface area contributed by atoms with Gasteiger partial charge >= 0.3 is 0 Å². The van der Waals surface area contributed by atoms with E-state index >= 15 is 0 Å². The van der Waals surface area contributed by atoms with Crippen LogP contribution in [0.15, 0.2) is 132 Å². The van der Waals surface area contributed by atoms with Gasteiger partial charge in [0.1, 0.15) is 22.9 Å². The Morgan fingerprint density at radius 1 is 0.600 bits per heavy atom. The van der Waals surface area contributed by atoms with E-state index in [1.807, 2.05) is 24.3 Å². The lowest BCUT2D eigenvalue weighted by molar-refractivity contribution is 0.669. The maximum atomic E-state index is 9.30. The number of benzene rings is 5. The molecular weight excluding hydrogens is 490 g/mol. The second kappa shape index (κ2) is 8.69. The molecule has 0 aliphatic rings. The van der Waals surface area contributed by atoms with Crippen molar-refractivity contribution in [3.8, 4) is 34.0 Å². The molecule has 3 heterocycles. The van der Waals surface area contributed by atoms with Gasteiger partial charge in [-0.15, -0.1) is 0 Å². The zero-order chi connectivity index (χ0) is 26.6. The van der Waals surface area contributed by atoms with Gasteiger partial charge in [-0.1, -0.05) is 66.7 Å². The summed E-state index contributed by atoms with van der Waals surface area (Å²) in [5, 5.41) is 14.0. The van der Waals surface area contributed by atoms with E-state index in [1.54, 1.807) is 6.20 Å². The fourth-order valence-electron chi connectivity index (χ4n) is 5.91. The fourth-order valence-corrected chi connectivity index (χ4v) is 5.91. The molecule has 0 saturated carbocycles. The number of nitriles is 1. The summed E-state index contributed by atoms with van der Waals surface area (Å²) in [4.78, 5) is 4.12. The highest BCUT2D eigenvalue weighted by Gasteiger charge is 2.19. The van der Waals surface area contributed by atoms with E-state index in [1.165, 1.54) is 10.8 Å². The minimum atomic E-state index is 0.411. The normalized spacial score (nSPS) is 11.5. The molecule has 0 atom stereocenters. The van der Waals surface area contributed by atoms with Gasteiger partial charge in [0.05, 0.1) is 16.4 Å². The van der Waals surface area contributed by atoms with E-state index in [-0.39, 0.29) is 0 Å². The highest BCUT2D eigenvalue weighted by Crippen LogP contribution is 2.41. The minimum Gasteiger partial charge on any atom is -0.456 e. The number of para-hydroxylation sites is 2. The van der Waals surface area contributed by atoms with Gasteiger partial charge in [-0.05, 0) is 76.9 Å². The molecule has 5 aromatic carbocycles. The number of rotatable bonds is 3. The van der Waals surface area contributed by atoms with Crippen molar-refractivity contribution in [1.82, 2.24) is 9.55 Å². The Hall–Kier alpha value is -5.66. The lowest BCUT2D eigenvalue weighted by atomic mass is 9.99. The van der Waals surface area contributed by atoms with Crippen LogP contribution in [0.1, 0.15) is 5.69 Å². The zero-order valence-corrected chi connectivity index (χ0v) is 21.4. The van der Waals surface area contributed by atoms with Gasteiger partial charge in [0, 0.05) is 28.0 Å². The second-order valence-corrected chi connectivity index (χ2v) is 9.96. The maximum absolute atomic E-state index is 9.30. The molecule has 0 amide bonds. The summed E-state index contributed by atoms with van der Waals surface area (Å²) in [6, 6.07) is 44.1. The molecule has 0 aliphatic heterocycles. The Bertz CT molecular complexity index is 2300. The first-order chi connectivity index (χ1) is 19.8. The first-order valence-corrected chi connectivity index (χ1v) is 13.2. The van der Waals surface area contributed by atoms with Gasteiger partial charge in [-0.2, -0.15) is 5.26 Å². The van der Waals surface area contributed by atoms with Crippen LogP contribution in [-0.4, -0.2) is 9.55 Å². The largest absolute Gasteiger partial charge is 0.456 e. The first-order valence-electron chi connectivity index (χ1n) is 13.2. The lowest BCUT2D eigenvalue weighted by Gasteiger charge is -2.12. The van der Waals surface area contributed by atoms with Gasteiger partial charge in [-0.3, -0.25) is 0 Å². The van der Waals surface area contributed by atoms with Crippen molar-refractivity contribution in [3.63, 3.8) is 0 Å². The molecule has 0 unspecified atom stereocenters. The Balaban J connectivity index is 1.37. The van der Waals surface area contributed by atoms with Gasteiger partial charge in [0.15, 0.2) is 0 Å². The first kappa shape index (κ1) is 22.3. The molecule has 0 saturated heterocycles. The number of fused-ring (bicyclic) bond motifs is 7. The monoisotopic (exact) mass is 511 g/mol. The smallest absolute Gasteiger partial charge is 0.141 e. The molecular formula is C36H21N3O. The molecule has 0 fully saturated rings. The predicted octanol–water partition coefficient (Wildman–Crippen LogP) is 9.28. The molecule has 4 nitrogen and oxygen atoms in total. The average Bonchev–Trinajstić information content (AvgIpc) is 3.57. The fraction of sp³-hybridized carbons (Fsp3) is 0. The summed E-state index contributed by atoms with van der Waals surface area (Å²) in [5.74, 6) is 0. The van der Waals surface area contributed by atoms with Crippen molar-refractivity contribution in [2.75, 3.05) is 0 Å². The van der Waals surface area contributed by atoms with E-state index in [9.17, 15) is 5.26 Å². The van der Waals surface area contributed by atoms with Crippen LogP contribution in [-0.2, 0) is 0 Å². The van der Waals surface area contributed by atoms with Gasteiger partial charge in [0.2, 0.25) is 0 Å². The van der Waals surface area contributed by atoms with Crippen LogP contribution in [0.3, 0.4) is 0 Å². The molecule has 8 aromatic rings. The Morgan fingerprint density at radius 2 is 1.32 bits per heavy atom. The number of pyridine rings is 1. The molecule has 0 radical (unpaired) electrons. The van der Waals surface area contributed by atoms with Crippen LogP contribution < -0.4 is 0 Å². The number of furan rings is 1. The molecule has 4 heteroatoms. The van der Waals surface area contributed by atoms with Crippen molar-refractivity contribution in [3.05, 3.63) is 133 Å². The molecule has 186 valence electrons. The standard InChI is InChI=1S/C36H21N3O/c37-22-27-20-26(17-18-38-27)24-8-5-7-23(19-24)25-9-6-10-28(21-25)39-32-13-3-1-11-29(32)30-15-16-34-35(36(30)39)31-12-2-4-14-33(31)40-34/h1-21H. The SMILES string of the molecule is N#Cc1cc(-c2cccc(-c3cccc(-n4c5ccccc5c5ccc6oc7ccccc7c6c54)c3)c2)ccn1. The summed E-state index contributed by atoms with van der Waals surface area (Å²) >= 11 is 0. The highest BCUT2D eigenvalue weighted by molar-refractivity contribution is 6.24. The molecule has 0 aliphatic carbocycles. The van der Waals surface area contributed by atoms with Crippen molar-refractivity contribution >= 4 is 43.7 Å². The highest BCUT2D eigenvalue weighted by atomic mass is 16.3. The van der Waals surface area contributed by atoms with Crippen LogP contribution in [0, 0.1) is 11.3 Å². The quantitative estimate of drug-likeness (QED) is 0.237. The summed E-state index contributed by atoms with van der Waals surface area (Å²) < 4.78 is 8.64. The van der Waals surface area contributed by atoms with Gasteiger partial charge in [-0.25, -0.2) is 4.98 Å². The van der Waals surface area contributed by atoms with E-state index < -0.39 is 0 Å². The third kappa shape index (κ3) is 3.35. The molecule has 40 heavy (non-hydrogen) atoms. The van der Waals surface area contributed by atoms with E-state index in [0.29, 0.717) is 5.69 Å². The summed E-state index contributed by atoms with van der Waals surface area (Å²) in [6.07, 6.45) is 1.68. The Morgan fingerprint density at radius 3 is 2.17 bits per heavy atom. The van der Waals surface area contributed by atoms with E-state index in [4.69, 9.17) is 4.42 Å². The second-order valence-electron chi connectivity index (χ2n) is 9.96. The van der Waals surface area contributed by atoms with Crippen molar-refractivity contribution < 1.29 is 4.42 Å². The van der Waals surface area contributed by atoms with Gasteiger partial charge in [0.25, 0.3) is 0 Å². The number of aromatic nitrogens is 2. The van der Waals surface area contributed by atoms with Gasteiger partial charge < -0.3 is 8.98 Å². The third-order valence-corrected chi connectivity index (χ3v) is 7.68. The average molecular weight is 512 g/mol. The van der Waals surface area contributed by atoms with Crippen LogP contribution in [0.2, 0.25) is 0 Å². The van der Waals surface area contributed by atoms with Crippen molar-refractivity contribution in [1.29, 1.82) is 5.26 Å². The molecule has 0 N–H and O–H groups in total. The van der Waals surface area contributed by atoms with Crippen molar-refractivity contribution in [2.45, 2.75) is 0 Å². The summed E-state index contributed by atoms with van der Waals surface area (Å²) in [5.41, 5.74) is 9.82. The number of nitrogens with zero attached hydrogens (tertiary/aromatic N) is 3. The number of hydrogen-bond acceptors (Lipinski definition) is 3. The minimum absolute atomic E-state index is 0.411. The Labute approximate surface area is 230 Å². The summed E-state index contributed by atoms with van der Waals surface area (Å²) in [7, 11) is 0. The van der Waals surface area contributed by atoms with Crippen molar-refractivity contribution in [2.24, 2.45) is 0 Å². The van der Waals surface area contributed by atoms with Crippen LogP contribution >= 0.6 is 0 Å². The lowest BCUT2D eigenvalue weighted by Crippen LogP contribution is -1.95. The predicted molar refractivity (Wildman–Crippen MR) is 161 cm³/mol. The van der Waals surface area contributed by atoms with Crippen LogP contribution in [0.25, 0.3) is 71.7 Å². The van der Waals surface area contributed by atoms with Crippen LogP contribution in [0.4, 0.5) is 0 Å². The van der Waals surface area contributed by atoms with E-state index in [2.05, 4.69) is 113 Å². The number of hydrogen-bond donors (Lipinski definition) is 0. The van der Waals surface area contributed by atoms with E-state index in [0.717, 1.165) is 60.9 Å². The third-order valence-electron chi connectivity index (χ3n) is 7.68. The zero-order valence-electron chi connectivity index (χ0n) is 21.4. The summed E-state index contributed by atoms with van der Waals surface area (Å²) in [6.45, 7) is 0. The molecule has 3 aromatic heterocycles. The van der Waals surface area contributed by atoms with Crippen LogP contribution in [0.5, 0.6) is 0 Å².